The number of pyridine rings is 2. The molecule has 0 bridgehead atoms. The molecule has 3 heterocycles. The molecule has 9 nitrogen and oxygen atoms in total. The van der Waals surface area contributed by atoms with Crippen LogP contribution in [-0.4, -0.2) is 50.5 Å². The van der Waals surface area contributed by atoms with Crippen molar-refractivity contribution in [2.24, 2.45) is 5.92 Å². The molecule has 0 radical (unpaired) electrons. The van der Waals surface area contributed by atoms with Crippen molar-refractivity contribution in [2.75, 3.05) is 11.9 Å². The molecule has 0 spiro atoms. The summed E-state index contributed by atoms with van der Waals surface area (Å²) in [6.07, 6.45) is 5.43. The van der Waals surface area contributed by atoms with E-state index in [4.69, 9.17) is 16.3 Å². The maximum atomic E-state index is 13.1. The summed E-state index contributed by atoms with van der Waals surface area (Å²) >= 11 is 7.05. The first-order valence-electron chi connectivity index (χ1n) is 10.8. The van der Waals surface area contributed by atoms with Crippen LogP contribution in [0.1, 0.15) is 41.7 Å². The molecule has 13 heteroatoms. The second kappa shape index (κ2) is 11.2. The van der Waals surface area contributed by atoms with E-state index in [-0.39, 0.29) is 38.8 Å². The smallest absolute Gasteiger partial charge is 0.387 e. The van der Waals surface area contributed by atoms with Gasteiger partial charge in [-0.15, -0.1) is 5.10 Å². The highest BCUT2D eigenvalue weighted by Gasteiger charge is 2.22. The monoisotopic (exact) mass is 525 g/mol. The van der Waals surface area contributed by atoms with Gasteiger partial charge in [0.2, 0.25) is 5.13 Å². The molecule has 4 rings (SSSR count). The van der Waals surface area contributed by atoms with Crippen LogP contribution in [-0.2, 0) is 0 Å². The first-order valence-corrected chi connectivity index (χ1v) is 12.0. The summed E-state index contributed by atoms with van der Waals surface area (Å²) in [5.74, 6) is -0.475. The molecule has 0 atom stereocenters. The van der Waals surface area contributed by atoms with E-state index in [0.717, 1.165) is 43.2 Å². The van der Waals surface area contributed by atoms with E-state index in [1.807, 2.05) is 0 Å². The van der Waals surface area contributed by atoms with Crippen LogP contribution in [0.15, 0.2) is 24.5 Å². The van der Waals surface area contributed by atoms with Crippen molar-refractivity contribution in [3.05, 3.63) is 40.9 Å². The average Bonchev–Trinajstić information content (AvgIpc) is 3.26. The van der Waals surface area contributed by atoms with Crippen molar-refractivity contribution in [1.29, 1.82) is 0 Å². The number of hydrogen-bond acceptors (Lipinski definition) is 9. The number of halogens is 3. The van der Waals surface area contributed by atoms with Crippen molar-refractivity contribution < 1.29 is 28.2 Å². The first-order chi connectivity index (χ1) is 16.8. The third kappa shape index (κ3) is 6.59. The number of ether oxygens (including phenoxy) is 2. The number of anilines is 1. The van der Waals surface area contributed by atoms with E-state index in [2.05, 4.69) is 30.2 Å². The Morgan fingerprint density at radius 2 is 1.97 bits per heavy atom. The van der Waals surface area contributed by atoms with Crippen LogP contribution in [0, 0.1) is 12.8 Å². The number of hydrogen-bond donors (Lipinski definition) is 2. The Hall–Kier alpha value is -2.96. The summed E-state index contributed by atoms with van der Waals surface area (Å²) in [6, 6.07) is 2.90. The molecule has 0 aliphatic heterocycles. The molecule has 3 aromatic rings. The number of aliphatic hydroxyl groups excluding tert-OH is 1. The zero-order valence-electron chi connectivity index (χ0n) is 18.6. The summed E-state index contributed by atoms with van der Waals surface area (Å²) < 4.78 is 36.2. The first kappa shape index (κ1) is 25.1. The van der Waals surface area contributed by atoms with Crippen molar-refractivity contribution in [3.8, 4) is 22.1 Å². The van der Waals surface area contributed by atoms with E-state index in [1.54, 1.807) is 13.0 Å². The number of nitrogens with zero attached hydrogens (tertiary/aromatic N) is 4. The number of alkyl halides is 2. The van der Waals surface area contributed by atoms with E-state index in [0.29, 0.717) is 23.4 Å². The van der Waals surface area contributed by atoms with E-state index >= 15 is 0 Å². The number of carbonyl (C=O) groups is 1. The molecule has 2 N–H and O–H groups in total. The Labute approximate surface area is 208 Å². The number of aliphatic hydroxyl groups is 1. The minimum absolute atomic E-state index is 0.0424. The van der Waals surface area contributed by atoms with E-state index < -0.39 is 12.5 Å². The summed E-state index contributed by atoms with van der Waals surface area (Å²) in [5, 5.41) is 20.7. The predicted octanol–water partition coefficient (Wildman–Crippen LogP) is 4.74. The number of rotatable bonds is 8. The lowest BCUT2D eigenvalue weighted by atomic mass is 9.88. The van der Waals surface area contributed by atoms with Gasteiger partial charge < -0.3 is 14.6 Å². The van der Waals surface area contributed by atoms with Crippen molar-refractivity contribution in [3.63, 3.8) is 0 Å². The van der Waals surface area contributed by atoms with Crippen LogP contribution in [0.3, 0.4) is 0 Å². The highest BCUT2D eigenvalue weighted by atomic mass is 35.5. The van der Waals surface area contributed by atoms with Gasteiger partial charge in [-0.1, -0.05) is 16.7 Å². The molecule has 1 amide bonds. The van der Waals surface area contributed by atoms with Gasteiger partial charge in [-0.25, -0.2) is 4.98 Å². The Kier molecular flexibility index (Phi) is 8.04. The van der Waals surface area contributed by atoms with E-state index in [9.17, 15) is 18.7 Å². The van der Waals surface area contributed by atoms with Gasteiger partial charge in [0.15, 0.2) is 5.75 Å². The molecule has 186 valence electrons. The molecule has 0 unspecified atom stereocenters. The van der Waals surface area contributed by atoms with Gasteiger partial charge in [0, 0.05) is 23.0 Å². The van der Waals surface area contributed by atoms with Gasteiger partial charge >= 0.3 is 6.61 Å². The summed E-state index contributed by atoms with van der Waals surface area (Å²) in [5.41, 5.74) is 1.10. The van der Waals surface area contributed by atoms with Crippen LogP contribution in [0.5, 0.6) is 10.9 Å². The number of aromatic nitrogens is 4. The maximum Gasteiger partial charge on any atom is 0.387 e. The molecule has 0 aromatic carbocycles. The number of carbonyl (C=O) groups excluding carboxylic acids is 1. The lowest BCUT2D eigenvalue weighted by Crippen LogP contribution is -2.22. The summed E-state index contributed by atoms with van der Waals surface area (Å²) in [4.78, 5) is 21.0. The lowest BCUT2D eigenvalue weighted by Gasteiger charge is -2.24. The number of amides is 1. The fourth-order valence-electron chi connectivity index (χ4n) is 3.77. The molecule has 1 aliphatic rings. The largest absolute Gasteiger partial charge is 0.469 e. The Morgan fingerprint density at radius 3 is 2.71 bits per heavy atom. The number of aryl methyl sites for hydroxylation is 1. The molecular formula is C22H22ClF2N5O4S. The third-order valence-corrected chi connectivity index (χ3v) is 6.47. The van der Waals surface area contributed by atoms with Crippen LogP contribution in [0.4, 0.5) is 13.9 Å². The lowest BCUT2D eigenvalue weighted by molar-refractivity contribution is -0.0496. The van der Waals surface area contributed by atoms with Crippen molar-refractivity contribution in [2.45, 2.75) is 45.3 Å². The Bertz CT molecular complexity index is 1190. The molecule has 35 heavy (non-hydrogen) atoms. The topological polar surface area (TPSA) is 119 Å². The highest BCUT2D eigenvalue weighted by Crippen LogP contribution is 2.35. The number of nitrogens with one attached hydrogen (secondary N) is 1. The SMILES string of the molecule is Cc1cc(-c2cc(Cl)ncc2OC(F)F)c(C(=O)Nc2nnc(OCC3CCC(O)CC3)s2)cn1. The zero-order chi connectivity index (χ0) is 24.9. The van der Waals surface area contributed by atoms with Crippen molar-refractivity contribution >= 4 is 34.0 Å². The molecule has 1 saturated carbocycles. The molecule has 3 aromatic heterocycles. The van der Waals surface area contributed by atoms with Gasteiger partial charge in [-0.3, -0.25) is 15.1 Å². The molecular weight excluding hydrogens is 504 g/mol. The fraction of sp³-hybridized carbons (Fsp3) is 0.409. The Balaban J connectivity index is 1.50. The average molecular weight is 526 g/mol. The van der Waals surface area contributed by atoms with Crippen LogP contribution in [0.25, 0.3) is 11.1 Å². The Morgan fingerprint density at radius 1 is 1.20 bits per heavy atom. The van der Waals surface area contributed by atoms with E-state index in [1.165, 1.54) is 12.3 Å². The minimum Gasteiger partial charge on any atom is -0.469 e. The van der Waals surface area contributed by atoms with Gasteiger partial charge in [-0.05, 0) is 62.0 Å². The normalized spacial score (nSPS) is 17.9. The second-order valence-corrected chi connectivity index (χ2v) is 9.39. The third-order valence-electron chi connectivity index (χ3n) is 5.51. The molecule has 1 aliphatic carbocycles. The summed E-state index contributed by atoms with van der Waals surface area (Å²) in [7, 11) is 0. The minimum atomic E-state index is -3.09. The van der Waals surface area contributed by atoms with Crippen LogP contribution >= 0.6 is 22.9 Å². The maximum absolute atomic E-state index is 13.1. The molecule has 0 saturated heterocycles. The van der Waals surface area contributed by atoms with Gasteiger partial charge in [0.25, 0.3) is 11.1 Å². The molecule has 1 fully saturated rings. The van der Waals surface area contributed by atoms with Gasteiger partial charge in [-0.2, -0.15) is 8.78 Å². The fourth-order valence-corrected chi connectivity index (χ4v) is 4.52. The van der Waals surface area contributed by atoms with Crippen molar-refractivity contribution in [1.82, 2.24) is 20.2 Å². The predicted molar refractivity (Wildman–Crippen MR) is 125 cm³/mol. The van der Waals surface area contributed by atoms with Gasteiger partial charge in [0.05, 0.1) is 24.5 Å². The standard InChI is InChI=1S/C22H22ClF2N5O4S/c1-11-6-14(15-7-18(23)27-9-17(15)34-20(24)25)16(8-26-11)19(32)28-21-29-30-22(35-21)33-10-12-2-4-13(31)5-3-12/h6-9,12-13,20,31H,2-5,10H2,1H3,(H,28,29,32). The quantitative estimate of drug-likeness (QED) is 0.405. The van der Waals surface area contributed by atoms with Crippen LogP contribution in [0.2, 0.25) is 5.15 Å². The summed E-state index contributed by atoms with van der Waals surface area (Å²) in [6.45, 7) is -0.935. The van der Waals surface area contributed by atoms with Gasteiger partial charge in [0.1, 0.15) is 5.15 Å². The van der Waals surface area contributed by atoms with Crippen LogP contribution < -0.4 is 14.8 Å². The second-order valence-electron chi connectivity index (χ2n) is 8.07. The zero-order valence-corrected chi connectivity index (χ0v) is 20.2. The highest BCUT2D eigenvalue weighted by molar-refractivity contribution is 7.17.